The molecule has 0 spiro atoms. The number of amidine groups is 2. The highest BCUT2D eigenvalue weighted by atomic mass is 35.5. The van der Waals surface area contributed by atoms with Crippen LogP contribution in [0.15, 0.2) is 81.3 Å². The number of carbonyl (C=O) groups is 2. The predicted molar refractivity (Wildman–Crippen MR) is 133 cm³/mol. The molecule has 1 aromatic heterocycles. The lowest BCUT2D eigenvalue weighted by atomic mass is 10.1. The Hall–Kier alpha value is -3.36. The number of nitrogens with one attached hydrogen (secondary N) is 1. The Labute approximate surface area is 205 Å². The summed E-state index contributed by atoms with van der Waals surface area (Å²) in [6.45, 7) is 0.311. The van der Waals surface area contributed by atoms with E-state index >= 15 is 0 Å². The zero-order chi connectivity index (χ0) is 23.5. The Morgan fingerprint density at radius 3 is 2.82 bits per heavy atom. The molecule has 1 unspecified atom stereocenters. The highest BCUT2D eigenvalue weighted by Gasteiger charge is 2.41. The molecule has 2 amide bonds. The molecule has 0 bridgehead atoms. The van der Waals surface area contributed by atoms with Gasteiger partial charge < -0.3 is 9.73 Å². The molecule has 5 rings (SSSR count). The highest BCUT2D eigenvalue weighted by molar-refractivity contribution is 8.13. The Morgan fingerprint density at radius 1 is 1.12 bits per heavy atom. The number of hydrogen-bond acceptors (Lipinski definition) is 6. The summed E-state index contributed by atoms with van der Waals surface area (Å²) < 4.78 is 5.25. The van der Waals surface area contributed by atoms with E-state index in [-0.39, 0.29) is 18.2 Å². The first-order valence-corrected chi connectivity index (χ1v) is 12.2. The topological polar surface area (TPSA) is 87.3 Å². The van der Waals surface area contributed by atoms with Gasteiger partial charge in [0.25, 0.3) is 5.91 Å². The zero-order valence-corrected chi connectivity index (χ0v) is 19.7. The van der Waals surface area contributed by atoms with Crippen LogP contribution in [0.5, 0.6) is 0 Å². The summed E-state index contributed by atoms with van der Waals surface area (Å²) in [6.07, 6.45) is 2.08. The molecule has 0 fully saturated rings. The molecule has 2 aromatic carbocycles. The average molecular weight is 493 g/mol. The number of rotatable bonds is 7. The molecule has 2 aliphatic heterocycles. The fourth-order valence-electron chi connectivity index (χ4n) is 3.91. The Bertz CT molecular complexity index is 1290. The molecule has 0 saturated heterocycles. The van der Waals surface area contributed by atoms with Gasteiger partial charge in [0.05, 0.1) is 18.5 Å². The molecule has 1 N–H and O–H groups in total. The lowest BCUT2D eigenvalue weighted by Gasteiger charge is -2.31. The number of halogens is 1. The van der Waals surface area contributed by atoms with Crippen LogP contribution in [-0.2, 0) is 21.9 Å². The van der Waals surface area contributed by atoms with Crippen molar-refractivity contribution < 1.29 is 14.0 Å². The van der Waals surface area contributed by atoms with E-state index in [0.717, 1.165) is 16.8 Å². The molecule has 0 saturated carbocycles. The summed E-state index contributed by atoms with van der Waals surface area (Å²) >= 11 is 7.66. The van der Waals surface area contributed by atoms with Gasteiger partial charge in [0.1, 0.15) is 17.6 Å². The van der Waals surface area contributed by atoms with Gasteiger partial charge in [-0.1, -0.05) is 47.6 Å². The first kappa shape index (κ1) is 22.4. The van der Waals surface area contributed by atoms with Gasteiger partial charge in [0.2, 0.25) is 5.91 Å². The summed E-state index contributed by atoms with van der Waals surface area (Å²) in [5.74, 6) is 1.48. The van der Waals surface area contributed by atoms with Gasteiger partial charge in [-0.25, -0.2) is 4.99 Å². The number of nitrogens with zero attached hydrogens (tertiary/aromatic N) is 3. The number of amides is 2. The second kappa shape index (κ2) is 9.87. The Morgan fingerprint density at radius 2 is 2.00 bits per heavy atom. The number of carbonyl (C=O) groups excluding carboxylic acids is 2. The van der Waals surface area contributed by atoms with Gasteiger partial charge in [0, 0.05) is 22.8 Å². The number of para-hydroxylation sites is 1. The lowest BCUT2D eigenvalue weighted by molar-refractivity contribution is -0.122. The van der Waals surface area contributed by atoms with Crippen LogP contribution in [0.3, 0.4) is 0 Å². The number of aliphatic imine (C=N–C) groups is 2. The van der Waals surface area contributed by atoms with Crippen LogP contribution < -0.4 is 5.32 Å². The van der Waals surface area contributed by atoms with Crippen LogP contribution in [-0.4, -0.2) is 33.8 Å². The molecule has 3 aromatic rings. The van der Waals surface area contributed by atoms with E-state index in [9.17, 15) is 9.59 Å². The molecule has 1 atom stereocenters. The molecule has 0 radical (unpaired) electrons. The number of furan rings is 1. The molecule has 0 aliphatic carbocycles. The second-order valence-corrected chi connectivity index (χ2v) is 9.26. The van der Waals surface area contributed by atoms with Crippen LogP contribution in [0.25, 0.3) is 0 Å². The van der Waals surface area contributed by atoms with Gasteiger partial charge in [-0.15, -0.1) is 0 Å². The van der Waals surface area contributed by atoms with E-state index in [4.69, 9.17) is 21.0 Å². The van der Waals surface area contributed by atoms with Crippen molar-refractivity contribution in [3.8, 4) is 0 Å². The van der Waals surface area contributed by atoms with Gasteiger partial charge in [-0.2, -0.15) is 4.99 Å². The van der Waals surface area contributed by atoms with E-state index < -0.39 is 6.04 Å². The number of hydrogen-bond donors (Lipinski definition) is 1. The number of thioether (sulfide) groups is 1. The summed E-state index contributed by atoms with van der Waals surface area (Å²) in [4.78, 5) is 36.4. The average Bonchev–Trinajstić information content (AvgIpc) is 3.47. The Balaban J connectivity index is 1.33. The minimum absolute atomic E-state index is 0.153. The molecule has 9 heteroatoms. The molecule has 3 heterocycles. The smallest absolute Gasteiger partial charge is 0.270 e. The van der Waals surface area contributed by atoms with E-state index in [2.05, 4.69) is 10.3 Å². The van der Waals surface area contributed by atoms with Crippen molar-refractivity contribution in [2.75, 3.05) is 0 Å². The Kier molecular flexibility index (Phi) is 6.51. The normalized spacial score (nSPS) is 16.6. The highest BCUT2D eigenvalue weighted by Crippen LogP contribution is 2.36. The summed E-state index contributed by atoms with van der Waals surface area (Å²) in [7, 11) is 0. The number of benzene rings is 2. The molecule has 172 valence electrons. The monoisotopic (exact) mass is 492 g/mol. The van der Waals surface area contributed by atoms with E-state index in [0.29, 0.717) is 40.5 Å². The summed E-state index contributed by atoms with van der Waals surface area (Å²) in [5, 5.41) is 4.18. The van der Waals surface area contributed by atoms with Crippen LogP contribution in [0, 0.1) is 0 Å². The van der Waals surface area contributed by atoms with E-state index in [1.165, 1.54) is 11.8 Å². The quantitative estimate of drug-likeness (QED) is 0.505. The third-order valence-electron chi connectivity index (χ3n) is 5.55. The number of fused-ring (bicyclic) bond motifs is 3. The molecule has 34 heavy (non-hydrogen) atoms. The molecule has 7 nitrogen and oxygen atoms in total. The van der Waals surface area contributed by atoms with Gasteiger partial charge in [-0.3, -0.25) is 14.5 Å². The maximum Gasteiger partial charge on any atom is 0.270 e. The van der Waals surface area contributed by atoms with Crippen LogP contribution in [0.4, 0.5) is 5.69 Å². The van der Waals surface area contributed by atoms with Crippen molar-refractivity contribution in [3.63, 3.8) is 0 Å². The maximum atomic E-state index is 12.9. The third kappa shape index (κ3) is 4.78. The van der Waals surface area contributed by atoms with Crippen molar-refractivity contribution >= 4 is 51.9 Å². The minimum atomic E-state index is -0.580. The minimum Gasteiger partial charge on any atom is -0.467 e. The predicted octanol–water partition coefficient (Wildman–Crippen LogP) is 4.92. The first-order chi connectivity index (χ1) is 16.6. The van der Waals surface area contributed by atoms with Crippen molar-refractivity contribution in [1.29, 1.82) is 0 Å². The fourth-order valence-corrected chi connectivity index (χ4v) is 5.11. The summed E-state index contributed by atoms with van der Waals surface area (Å²) in [6, 6.07) is 18.3. The SMILES string of the molecule is O=C(CCC1C(=O)N=C2c3ccccc3N=C(SCc3cccc(Cl)c3)N21)NCc1ccco1. The zero-order valence-electron chi connectivity index (χ0n) is 18.1. The van der Waals surface area contributed by atoms with E-state index in [1.807, 2.05) is 53.4 Å². The van der Waals surface area contributed by atoms with E-state index in [1.54, 1.807) is 18.4 Å². The largest absolute Gasteiger partial charge is 0.467 e. The standard InChI is InChI=1S/C25H21ClN4O3S/c26-17-6-3-5-16(13-17)15-34-25-28-20-9-2-1-8-19(20)23-29-24(32)21(30(23)25)10-11-22(31)27-14-18-7-4-12-33-18/h1-9,12-13,21H,10-11,14-15H2,(H,27,31). The second-order valence-electron chi connectivity index (χ2n) is 7.88. The van der Waals surface area contributed by atoms with Gasteiger partial charge in [-0.05, 0) is 48.4 Å². The van der Waals surface area contributed by atoms with Crippen molar-refractivity contribution in [3.05, 3.63) is 88.8 Å². The lowest BCUT2D eigenvalue weighted by Crippen LogP contribution is -2.44. The molecular formula is C25H21ClN4O3S. The third-order valence-corrected chi connectivity index (χ3v) is 6.81. The summed E-state index contributed by atoms with van der Waals surface area (Å²) in [5.41, 5.74) is 2.64. The van der Waals surface area contributed by atoms with Crippen LogP contribution in [0.2, 0.25) is 5.02 Å². The van der Waals surface area contributed by atoms with Crippen molar-refractivity contribution in [1.82, 2.24) is 10.2 Å². The van der Waals surface area contributed by atoms with Crippen molar-refractivity contribution in [2.24, 2.45) is 9.98 Å². The van der Waals surface area contributed by atoms with Gasteiger partial charge >= 0.3 is 0 Å². The molecule has 2 aliphatic rings. The van der Waals surface area contributed by atoms with Gasteiger partial charge in [0.15, 0.2) is 5.17 Å². The van der Waals surface area contributed by atoms with Crippen LogP contribution >= 0.6 is 23.4 Å². The first-order valence-electron chi connectivity index (χ1n) is 10.8. The maximum absolute atomic E-state index is 12.9. The fraction of sp³-hybridized carbons (Fsp3) is 0.200. The molecular weight excluding hydrogens is 472 g/mol. The van der Waals surface area contributed by atoms with Crippen LogP contribution in [0.1, 0.15) is 29.7 Å². The van der Waals surface area contributed by atoms with Crippen molar-refractivity contribution in [2.45, 2.75) is 31.2 Å².